The summed E-state index contributed by atoms with van der Waals surface area (Å²) in [7, 11) is 1.99. The Hall–Kier alpha value is -3.19. The van der Waals surface area contributed by atoms with E-state index in [0.29, 0.717) is 16.6 Å². The van der Waals surface area contributed by atoms with Gasteiger partial charge < -0.3 is 4.42 Å². The Balaban J connectivity index is 2.04. The van der Waals surface area contributed by atoms with Gasteiger partial charge in [0.2, 0.25) is 5.69 Å². The van der Waals surface area contributed by atoms with Crippen molar-refractivity contribution in [3.05, 3.63) is 65.6 Å². The fourth-order valence-corrected chi connectivity index (χ4v) is 3.11. The third-order valence-corrected chi connectivity index (χ3v) is 4.36. The number of hydrogen-bond acceptors (Lipinski definition) is 2. The highest BCUT2D eigenvalue weighted by Crippen LogP contribution is 2.34. The molecule has 2 heterocycles. The Bertz CT molecular complexity index is 1150. The Labute approximate surface area is 138 Å². The zero-order chi connectivity index (χ0) is 16.8. The van der Waals surface area contributed by atoms with Crippen LogP contribution in [0.4, 0.5) is 4.39 Å². The maximum Gasteiger partial charge on any atom is 0.212 e. The van der Waals surface area contributed by atoms with E-state index in [2.05, 4.69) is 0 Å². The van der Waals surface area contributed by atoms with Gasteiger partial charge in [0.05, 0.1) is 11.1 Å². The molecule has 4 heteroatoms. The molecule has 0 bridgehead atoms. The molecule has 0 fully saturated rings. The molecule has 4 aromatic rings. The van der Waals surface area contributed by atoms with Crippen LogP contribution >= 0.6 is 0 Å². The fourth-order valence-electron chi connectivity index (χ4n) is 3.11. The molecule has 0 N–H and O–H groups in total. The molecule has 0 unspecified atom stereocenters. The molecule has 0 radical (unpaired) electrons. The van der Waals surface area contributed by atoms with Crippen molar-refractivity contribution < 1.29 is 13.4 Å². The number of aromatic nitrogens is 1. The minimum Gasteiger partial charge on any atom is -0.456 e. The fraction of sp³-hybridized carbons (Fsp3) is 0.100. The van der Waals surface area contributed by atoms with Gasteiger partial charge in [0.1, 0.15) is 30.1 Å². The molecule has 116 valence electrons. The monoisotopic (exact) mass is 317 g/mol. The molecule has 0 spiro atoms. The van der Waals surface area contributed by atoms with Crippen molar-refractivity contribution in [3.8, 4) is 17.3 Å². The predicted molar refractivity (Wildman–Crippen MR) is 89.7 cm³/mol. The summed E-state index contributed by atoms with van der Waals surface area (Å²) in [6.07, 6.45) is 1.99. The van der Waals surface area contributed by atoms with Crippen LogP contribution in [0.3, 0.4) is 0 Å². The molecule has 24 heavy (non-hydrogen) atoms. The average molecular weight is 317 g/mol. The highest BCUT2D eigenvalue weighted by Gasteiger charge is 2.17. The first kappa shape index (κ1) is 14.4. The van der Waals surface area contributed by atoms with Gasteiger partial charge in [-0.3, -0.25) is 0 Å². The Morgan fingerprint density at radius 2 is 1.83 bits per heavy atom. The van der Waals surface area contributed by atoms with Crippen LogP contribution in [0.25, 0.3) is 33.2 Å². The van der Waals surface area contributed by atoms with E-state index in [1.807, 2.05) is 61.1 Å². The smallest absolute Gasteiger partial charge is 0.212 e. The van der Waals surface area contributed by atoms with Crippen LogP contribution in [0.5, 0.6) is 0 Å². The van der Waals surface area contributed by atoms with Gasteiger partial charge in [-0.25, -0.2) is 8.96 Å². The minimum absolute atomic E-state index is 0.00652. The van der Waals surface area contributed by atoms with Crippen molar-refractivity contribution in [2.24, 2.45) is 7.05 Å². The van der Waals surface area contributed by atoms with Crippen LogP contribution in [0, 0.1) is 24.1 Å². The topological polar surface area (TPSA) is 40.8 Å². The van der Waals surface area contributed by atoms with E-state index in [1.165, 1.54) is 12.1 Å². The molecular weight excluding hydrogens is 303 g/mol. The summed E-state index contributed by atoms with van der Waals surface area (Å²) in [6, 6.07) is 14.7. The van der Waals surface area contributed by atoms with Gasteiger partial charge in [0.15, 0.2) is 6.20 Å². The predicted octanol–water partition coefficient (Wildman–Crippen LogP) is 4.40. The van der Waals surface area contributed by atoms with Gasteiger partial charge in [-0.15, -0.1) is 0 Å². The second kappa shape index (κ2) is 5.17. The Kier molecular flexibility index (Phi) is 3.10. The summed E-state index contributed by atoms with van der Waals surface area (Å²) >= 11 is 0. The summed E-state index contributed by atoms with van der Waals surface area (Å²) in [4.78, 5) is 0. The number of nitrogens with zero attached hydrogens (tertiary/aromatic N) is 2. The number of rotatable bonds is 1. The molecule has 0 amide bonds. The number of aryl methyl sites for hydroxylation is 2. The van der Waals surface area contributed by atoms with Crippen LogP contribution in [-0.2, 0) is 7.05 Å². The average Bonchev–Trinajstić information content (AvgIpc) is 2.90. The van der Waals surface area contributed by atoms with Gasteiger partial charge in [0, 0.05) is 29.0 Å². The normalized spacial score (nSPS) is 11.1. The summed E-state index contributed by atoms with van der Waals surface area (Å²) in [5, 5.41) is 10.5. The number of halogens is 1. The summed E-state index contributed by atoms with van der Waals surface area (Å²) < 4.78 is 21.9. The van der Waals surface area contributed by atoms with Crippen LogP contribution in [0.15, 0.2) is 53.1 Å². The maximum absolute atomic E-state index is 14.0. The van der Waals surface area contributed by atoms with E-state index in [0.717, 1.165) is 22.2 Å². The number of benzene rings is 2. The molecule has 0 atom stereocenters. The van der Waals surface area contributed by atoms with Crippen molar-refractivity contribution in [3.63, 3.8) is 0 Å². The molecule has 2 aromatic carbocycles. The van der Waals surface area contributed by atoms with Gasteiger partial charge in [0.25, 0.3) is 0 Å². The van der Waals surface area contributed by atoms with Crippen LogP contribution in [-0.4, -0.2) is 0 Å². The zero-order valence-corrected chi connectivity index (χ0v) is 13.3. The van der Waals surface area contributed by atoms with Crippen LogP contribution < -0.4 is 4.57 Å². The molecule has 0 aliphatic rings. The molecular formula is C20H14FN2O+. The highest BCUT2D eigenvalue weighted by atomic mass is 19.1. The molecule has 0 aliphatic carbocycles. The summed E-state index contributed by atoms with van der Waals surface area (Å²) in [6.45, 7) is 2.03. The van der Waals surface area contributed by atoms with Gasteiger partial charge >= 0.3 is 0 Å². The maximum atomic E-state index is 14.0. The SMILES string of the molecule is Cc1cc2c(cc1-c1cccc[n+]1C)oc1cc(C#N)c(F)cc12. The summed E-state index contributed by atoms with van der Waals surface area (Å²) in [5.41, 5.74) is 4.41. The van der Waals surface area contributed by atoms with Gasteiger partial charge in [-0.2, -0.15) is 5.26 Å². The van der Waals surface area contributed by atoms with E-state index < -0.39 is 5.82 Å². The molecule has 0 aliphatic heterocycles. The van der Waals surface area contributed by atoms with Crippen LogP contribution in [0.1, 0.15) is 11.1 Å². The molecule has 0 saturated carbocycles. The first-order chi connectivity index (χ1) is 11.6. The lowest BCUT2D eigenvalue weighted by Gasteiger charge is -2.04. The first-order valence-electron chi connectivity index (χ1n) is 7.60. The molecule has 2 aromatic heterocycles. The third kappa shape index (κ3) is 2.06. The number of hydrogen-bond donors (Lipinski definition) is 0. The lowest BCUT2D eigenvalue weighted by Crippen LogP contribution is -2.30. The van der Waals surface area contributed by atoms with Crippen molar-refractivity contribution >= 4 is 21.9 Å². The lowest BCUT2D eigenvalue weighted by atomic mass is 10.0. The molecule has 0 saturated heterocycles. The first-order valence-corrected chi connectivity index (χ1v) is 7.60. The van der Waals surface area contributed by atoms with Crippen molar-refractivity contribution in [2.75, 3.05) is 0 Å². The quantitative estimate of drug-likeness (QED) is 0.488. The Morgan fingerprint density at radius 3 is 2.58 bits per heavy atom. The number of furan rings is 1. The van der Waals surface area contributed by atoms with Crippen LogP contribution in [0.2, 0.25) is 0 Å². The largest absolute Gasteiger partial charge is 0.456 e. The lowest BCUT2D eigenvalue weighted by molar-refractivity contribution is -0.660. The van der Waals surface area contributed by atoms with E-state index in [-0.39, 0.29) is 5.56 Å². The van der Waals surface area contributed by atoms with Gasteiger partial charge in [-0.1, -0.05) is 0 Å². The second-order valence-electron chi connectivity index (χ2n) is 5.90. The van der Waals surface area contributed by atoms with Gasteiger partial charge in [-0.05, 0) is 36.8 Å². The van der Waals surface area contributed by atoms with Crippen molar-refractivity contribution in [1.29, 1.82) is 5.26 Å². The number of fused-ring (bicyclic) bond motifs is 3. The zero-order valence-electron chi connectivity index (χ0n) is 13.3. The second-order valence-corrected chi connectivity index (χ2v) is 5.90. The van der Waals surface area contributed by atoms with Crippen molar-refractivity contribution in [1.82, 2.24) is 0 Å². The van der Waals surface area contributed by atoms with E-state index in [9.17, 15) is 4.39 Å². The highest BCUT2D eigenvalue weighted by molar-refractivity contribution is 6.06. The Morgan fingerprint density at radius 1 is 1.08 bits per heavy atom. The van der Waals surface area contributed by atoms with E-state index in [1.54, 1.807) is 0 Å². The van der Waals surface area contributed by atoms with E-state index in [4.69, 9.17) is 9.68 Å². The molecule has 3 nitrogen and oxygen atoms in total. The van der Waals surface area contributed by atoms with E-state index >= 15 is 0 Å². The van der Waals surface area contributed by atoms with Crippen molar-refractivity contribution in [2.45, 2.75) is 6.92 Å². The standard InChI is InChI=1S/C20H14FN2O/c1-12-7-15-16-9-17(21)13(11-22)8-19(16)24-20(15)10-14(12)18-5-3-4-6-23(18)2/h3-10H,1-2H3/q+1. The number of pyridine rings is 1. The summed E-state index contributed by atoms with van der Waals surface area (Å²) in [5.74, 6) is -0.524. The minimum atomic E-state index is -0.524. The molecule has 4 rings (SSSR count). The third-order valence-electron chi connectivity index (χ3n) is 4.36. The number of nitriles is 1.